The van der Waals surface area contributed by atoms with Crippen LogP contribution in [0.25, 0.3) is 11.0 Å². The molecule has 0 fully saturated rings. The van der Waals surface area contributed by atoms with Crippen LogP contribution in [-0.2, 0) is 12.5 Å². The van der Waals surface area contributed by atoms with Gasteiger partial charge in [-0.1, -0.05) is 19.9 Å². The zero-order valence-corrected chi connectivity index (χ0v) is 10.5. The first-order valence-electron chi connectivity index (χ1n) is 5.85. The van der Waals surface area contributed by atoms with Crippen molar-refractivity contribution < 1.29 is 4.39 Å². The summed E-state index contributed by atoms with van der Waals surface area (Å²) in [4.78, 5) is 4.43. The molecule has 0 aliphatic carbocycles. The number of nitrogens with zero attached hydrogens (tertiary/aromatic N) is 2. The lowest BCUT2D eigenvalue weighted by molar-refractivity contribution is 0.427. The summed E-state index contributed by atoms with van der Waals surface area (Å²) >= 11 is 0. The van der Waals surface area contributed by atoms with Crippen LogP contribution in [0.5, 0.6) is 0 Å². The second kappa shape index (κ2) is 4.11. The zero-order valence-electron chi connectivity index (χ0n) is 10.5. The summed E-state index contributed by atoms with van der Waals surface area (Å²) in [5.74, 6) is 0.572. The second-order valence-electron chi connectivity index (χ2n) is 4.72. The van der Waals surface area contributed by atoms with Gasteiger partial charge in [0, 0.05) is 19.0 Å². The van der Waals surface area contributed by atoms with Crippen molar-refractivity contribution >= 4 is 11.0 Å². The lowest BCUT2D eigenvalue weighted by atomic mass is 9.87. The number of nitrogens with two attached hydrogens (primary N) is 1. The van der Waals surface area contributed by atoms with Gasteiger partial charge in [0.2, 0.25) is 0 Å². The standard InChI is InChI=1S/C13H18FN3/c1-4-13(2,8-15)12-16-11-9(14)6-5-7-10(11)17(12)3/h5-7H,4,8,15H2,1-3H3. The van der Waals surface area contributed by atoms with Crippen LogP contribution in [-0.4, -0.2) is 16.1 Å². The van der Waals surface area contributed by atoms with E-state index in [9.17, 15) is 4.39 Å². The van der Waals surface area contributed by atoms with Gasteiger partial charge in [-0.05, 0) is 18.6 Å². The molecule has 92 valence electrons. The minimum atomic E-state index is -0.278. The van der Waals surface area contributed by atoms with Crippen LogP contribution in [0.15, 0.2) is 18.2 Å². The van der Waals surface area contributed by atoms with Crippen LogP contribution >= 0.6 is 0 Å². The van der Waals surface area contributed by atoms with E-state index < -0.39 is 0 Å². The van der Waals surface area contributed by atoms with E-state index >= 15 is 0 Å². The van der Waals surface area contributed by atoms with Crippen molar-refractivity contribution in [3.05, 3.63) is 29.8 Å². The molecule has 2 aromatic rings. The van der Waals surface area contributed by atoms with Gasteiger partial charge in [-0.2, -0.15) is 0 Å². The van der Waals surface area contributed by atoms with Crippen molar-refractivity contribution in [2.24, 2.45) is 12.8 Å². The van der Waals surface area contributed by atoms with Gasteiger partial charge in [0.25, 0.3) is 0 Å². The van der Waals surface area contributed by atoms with Crippen LogP contribution in [0.1, 0.15) is 26.1 Å². The molecule has 0 amide bonds. The number of hydrogen-bond donors (Lipinski definition) is 1. The van der Waals surface area contributed by atoms with Crippen LogP contribution in [0.3, 0.4) is 0 Å². The summed E-state index contributed by atoms with van der Waals surface area (Å²) in [6, 6.07) is 5.02. The monoisotopic (exact) mass is 235 g/mol. The first-order chi connectivity index (χ1) is 8.03. The molecule has 0 aliphatic rings. The summed E-state index contributed by atoms with van der Waals surface area (Å²) in [5.41, 5.74) is 6.87. The van der Waals surface area contributed by atoms with Crippen LogP contribution < -0.4 is 5.73 Å². The van der Waals surface area contributed by atoms with Crippen molar-refractivity contribution in [2.75, 3.05) is 6.54 Å². The highest BCUT2D eigenvalue weighted by Crippen LogP contribution is 2.29. The van der Waals surface area contributed by atoms with Crippen molar-refractivity contribution in [1.29, 1.82) is 0 Å². The van der Waals surface area contributed by atoms with Gasteiger partial charge in [-0.15, -0.1) is 0 Å². The SMILES string of the molecule is CCC(C)(CN)c1nc2c(F)cccc2n1C. The largest absolute Gasteiger partial charge is 0.331 e. The normalized spacial score (nSPS) is 15.1. The number of imidazole rings is 1. The van der Waals surface area contributed by atoms with Gasteiger partial charge < -0.3 is 10.3 Å². The smallest absolute Gasteiger partial charge is 0.151 e. The molecular weight excluding hydrogens is 217 g/mol. The van der Waals surface area contributed by atoms with Crippen LogP contribution in [0.4, 0.5) is 4.39 Å². The maximum Gasteiger partial charge on any atom is 0.151 e. The van der Waals surface area contributed by atoms with Gasteiger partial charge in [0.1, 0.15) is 11.3 Å². The van der Waals surface area contributed by atoms with E-state index in [1.807, 2.05) is 17.7 Å². The third-order valence-electron chi connectivity index (χ3n) is 3.63. The fraction of sp³-hybridized carbons (Fsp3) is 0.462. The summed E-state index contributed by atoms with van der Waals surface area (Å²) < 4.78 is 15.6. The Morgan fingerprint density at radius 1 is 1.47 bits per heavy atom. The van der Waals surface area contributed by atoms with E-state index in [2.05, 4.69) is 18.8 Å². The maximum atomic E-state index is 13.7. The Morgan fingerprint density at radius 2 is 2.18 bits per heavy atom. The molecule has 0 bridgehead atoms. The molecule has 1 atom stereocenters. The van der Waals surface area contributed by atoms with Gasteiger partial charge in [0.15, 0.2) is 5.82 Å². The minimum absolute atomic E-state index is 0.208. The fourth-order valence-electron chi connectivity index (χ4n) is 2.11. The molecule has 1 aromatic carbocycles. The highest BCUT2D eigenvalue weighted by molar-refractivity contribution is 5.76. The van der Waals surface area contributed by atoms with E-state index in [0.717, 1.165) is 17.8 Å². The highest BCUT2D eigenvalue weighted by atomic mass is 19.1. The molecule has 17 heavy (non-hydrogen) atoms. The Morgan fingerprint density at radius 3 is 2.71 bits per heavy atom. The molecule has 0 saturated carbocycles. The van der Waals surface area contributed by atoms with E-state index in [1.54, 1.807) is 6.07 Å². The number of rotatable bonds is 3. The number of halogens is 1. The number of aryl methyl sites for hydroxylation is 1. The molecule has 0 spiro atoms. The second-order valence-corrected chi connectivity index (χ2v) is 4.72. The first kappa shape index (κ1) is 12.0. The number of fused-ring (bicyclic) bond motifs is 1. The molecule has 1 heterocycles. The average molecular weight is 235 g/mol. The molecule has 1 aromatic heterocycles. The van der Waals surface area contributed by atoms with E-state index in [1.165, 1.54) is 6.07 Å². The number of aromatic nitrogens is 2. The molecule has 4 heteroatoms. The summed E-state index contributed by atoms with van der Waals surface area (Å²) in [6.07, 6.45) is 0.877. The topological polar surface area (TPSA) is 43.8 Å². The lowest BCUT2D eigenvalue weighted by Crippen LogP contribution is -2.33. The quantitative estimate of drug-likeness (QED) is 0.887. The third kappa shape index (κ3) is 1.72. The molecule has 2 rings (SSSR count). The van der Waals surface area contributed by atoms with E-state index in [4.69, 9.17) is 5.73 Å². The molecule has 1 unspecified atom stereocenters. The van der Waals surface area contributed by atoms with Crippen molar-refractivity contribution in [3.63, 3.8) is 0 Å². The number of benzene rings is 1. The molecule has 3 nitrogen and oxygen atoms in total. The number of para-hydroxylation sites is 1. The van der Waals surface area contributed by atoms with E-state index in [-0.39, 0.29) is 11.2 Å². The Balaban J connectivity index is 2.72. The Kier molecular flexibility index (Phi) is 2.91. The Labute approximate surface area is 100 Å². The van der Waals surface area contributed by atoms with Crippen LogP contribution in [0.2, 0.25) is 0 Å². The van der Waals surface area contributed by atoms with Crippen molar-refractivity contribution in [3.8, 4) is 0 Å². The Hall–Kier alpha value is -1.42. The predicted octanol–water partition coefficient (Wildman–Crippen LogP) is 2.34. The minimum Gasteiger partial charge on any atom is -0.331 e. The third-order valence-corrected chi connectivity index (χ3v) is 3.63. The van der Waals surface area contributed by atoms with Crippen LogP contribution in [0, 0.1) is 5.82 Å². The first-order valence-corrected chi connectivity index (χ1v) is 5.85. The molecule has 0 radical (unpaired) electrons. The van der Waals surface area contributed by atoms with Gasteiger partial charge >= 0.3 is 0 Å². The molecule has 0 saturated heterocycles. The number of hydrogen-bond acceptors (Lipinski definition) is 2. The lowest BCUT2D eigenvalue weighted by Gasteiger charge is -2.25. The maximum absolute atomic E-state index is 13.7. The summed E-state index contributed by atoms with van der Waals surface area (Å²) in [6.45, 7) is 4.64. The highest BCUT2D eigenvalue weighted by Gasteiger charge is 2.29. The molecule has 0 aliphatic heterocycles. The Bertz CT molecular complexity index is 541. The molecular formula is C13H18FN3. The van der Waals surface area contributed by atoms with Gasteiger partial charge in [-0.25, -0.2) is 9.37 Å². The van der Waals surface area contributed by atoms with Gasteiger partial charge in [0.05, 0.1) is 5.52 Å². The van der Waals surface area contributed by atoms with E-state index in [0.29, 0.717) is 12.1 Å². The fourth-order valence-corrected chi connectivity index (χ4v) is 2.11. The zero-order chi connectivity index (χ0) is 12.6. The predicted molar refractivity (Wildman–Crippen MR) is 67.4 cm³/mol. The summed E-state index contributed by atoms with van der Waals surface area (Å²) in [7, 11) is 1.91. The molecule has 2 N–H and O–H groups in total. The van der Waals surface area contributed by atoms with Crippen molar-refractivity contribution in [1.82, 2.24) is 9.55 Å². The summed E-state index contributed by atoms with van der Waals surface area (Å²) in [5, 5.41) is 0. The average Bonchev–Trinajstić information content (AvgIpc) is 2.68. The van der Waals surface area contributed by atoms with Gasteiger partial charge in [-0.3, -0.25) is 0 Å². The van der Waals surface area contributed by atoms with Crippen molar-refractivity contribution in [2.45, 2.75) is 25.7 Å².